The summed E-state index contributed by atoms with van der Waals surface area (Å²) in [5.74, 6) is 0.177. The predicted octanol–water partition coefficient (Wildman–Crippen LogP) is 3.75. The summed E-state index contributed by atoms with van der Waals surface area (Å²) in [5, 5.41) is 10.5. The molecule has 6 heteroatoms. The quantitative estimate of drug-likeness (QED) is 0.316. The third kappa shape index (κ3) is 6.47. The molecule has 0 bridgehead atoms. The standard InChI is InChI=1S/C14H17NO4S/c1-11(16)5-3-2-4-6-14(17)20-13-9-7-12(8-10-13)15(18)19/h7-10H,2-6H2,1H3. The molecule has 0 aliphatic heterocycles. The minimum atomic E-state index is -0.467. The summed E-state index contributed by atoms with van der Waals surface area (Å²) >= 11 is 1.10. The Kier molecular flexibility index (Phi) is 6.93. The van der Waals surface area contributed by atoms with Gasteiger partial charge in [-0.05, 0) is 31.9 Å². The van der Waals surface area contributed by atoms with Crippen molar-refractivity contribution in [1.29, 1.82) is 0 Å². The molecule has 0 aromatic heterocycles. The van der Waals surface area contributed by atoms with Crippen LogP contribution < -0.4 is 0 Å². The highest BCUT2D eigenvalue weighted by molar-refractivity contribution is 8.13. The van der Waals surface area contributed by atoms with E-state index in [4.69, 9.17) is 0 Å². The molecule has 0 radical (unpaired) electrons. The van der Waals surface area contributed by atoms with E-state index in [9.17, 15) is 19.7 Å². The molecule has 0 saturated heterocycles. The lowest BCUT2D eigenvalue weighted by molar-refractivity contribution is -0.384. The van der Waals surface area contributed by atoms with Crippen molar-refractivity contribution in [2.24, 2.45) is 0 Å². The zero-order valence-corrected chi connectivity index (χ0v) is 12.1. The van der Waals surface area contributed by atoms with E-state index < -0.39 is 4.92 Å². The maximum atomic E-state index is 11.7. The molecule has 0 fully saturated rings. The molecule has 5 nitrogen and oxygen atoms in total. The zero-order chi connectivity index (χ0) is 15.0. The summed E-state index contributed by atoms with van der Waals surface area (Å²) in [7, 11) is 0. The molecular formula is C14H17NO4S. The van der Waals surface area contributed by atoms with Gasteiger partial charge in [0.2, 0.25) is 0 Å². The van der Waals surface area contributed by atoms with Gasteiger partial charge in [0.1, 0.15) is 5.78 Å². The van der Waals surface area contributed by atoms with Crippen LogP contribution in [0.15, 0.2) is 29.2 Å². The van der Waals surface area contributed by atoms with Gasteiger partial charge in [-0.3, -0.25) is 14.9 Å². The maximum absolute atomic E-state index is 11.7. The van der Waals surface area contributed by atoms with Gasteiger partial charge in [0.15, 0.2) is 5.12 Å². The van der Waals surface area contributed by atoms with E-state index in [1.165, 1.54) is 12.1 Å². The molecule has 0 spiro atoms. The van der Waals surface area contributed by atoms with Gasteiger partial charge in [0, 0.05) is 29.9 Å². The first-order chi connectivity index (χ1) is 9.49. The Balaban J connectivity index is 2.28. The van der Waals surface area contributed by atoms with Crippen LogP contribution in [0, 0.1) is 10.1 Å². The van der Waals surface area contributed by atoms with E-state index in [0.29, 0.717) is 17.7 Å². The fourth-order valence-corrected chi connectivity index (χ4v) is 2.42. The third-order valence-electron chi connectivity index (χ3n) is 2.69. The van der Waals surface area contributed by atoms with Crippen LogP contribution in [0.5, 0.6) is 0 Å². The lowest BCUT2D eigenvalue weighted by Gasteiger charge is -2.01. The first-order valence-electron chi connectivity index (χ1n) is 6.43. The van der Waals surface area contributed by atoms with Crippen molar-refractivity contribution in [3.05, 3.63) is 34.4 Å². The Morgan fingerprint density at radius 2 is 1.70 bits per heavy atom. The number of thioether (sulfide) groups is 1. The summed E-state index contributed by atoms with van der Waals surface area (Å²) < 4.78 is 0. The number of hydrogen-bond donors (Lipinski definition) is 0. The van der Waals surface area contributed by atoms with Crippen LogP contribution in [-0.4, -0.2) is 15.8 Å². The fourth-order valence-electron chi connectivity index (χ4n) is 1.64. The Bertz CT molecular complexity index is 484. The van der Waals surface area contributed by atoms with Crippen LogP contribution in [0.3, 0.4) is 0 Å². The largest absolute Gasteiger partial charge is 0.300 e. The van der Waals surface area contributed by atoms with E-state index in [1.807, 2.05) is 0 Å². The number of carbonyl (C=O) groups excluding carboxylic acids is 2. The molecule has 0 aliphatic rings. The number of ketones is 1. The fraction of sp³-hybridized carbons (Fsp3) is 0.429. The monoisotopic (exact) mass is 295 g/mol. The van der Waals surface area contributed by atoms with Gasteiger partial charge in [-0.15, -0.1) is 0 Å². The number of unbranched alkanes of at least 4 members (excludes halogenated alkanes) is 2. The topological polar surface area (TPSA) is 77.3 Å². The number of rotatable bonds is 8. The van der Waals surface area contributed by atoms with Gasteiger partial charge in [-0.2, -0.15) is 0 Å². The van der Waals surface area contributed by atoms with Gasteiger partial charge in [0.05, 0.1) is 4.92 Å². The van der Waals surface area contributed by atoms with Gasteiger partial charge in [-0.1, -0.05) is 18.2 Å². The summed E-state index contributed by atoms with van der Waals surface area (Å²) in [6.07, 6.45) is 3.49. The van der Waals surface area contributed by atoms with Crippen molar-refractivity contribution in [1.82, 2.24) is 0 Å². The average molecular weight is 295 g/mol. The SMILES string of the molecule is CC(=O)CCCCCC(=O)Sc1ccc([N+](=O)[O-])cc1. The first-order valence-corrected chi connectivity index (χ1v) is 7.25. The molecule has 1 aromatic rings. The molecule has 108 valence electrons. The number of carbonyl (C=O) groups is 2. The molecule has 0 heterocycles. The Labute approximate surface area is 121 Å². The van der Waals surface area contributed by atoms with Gasteiger partial charge in [0.25, 0.3) is 5.69 Å². The highest BCUT2D eigenvalue weighted by Gasteiger charge is 2.08. The summed E-state index contributed by atoms with van der Waals surface area (Å²) in [6.45, 7) is 1.57. The van der Waals surface area contributed by atoms with Crippen molar-refractivity contribution in [3.63, 3.8) is 0 Å². The van der Waals surface area contributed by atoms with Gasteiger partial charge < -0.3 is 4.79 Å². The van der Waals surface area contributed by atoms with Crippen LogP contribution in [0.2, 0.25) is 0 Å². The number of Topliss-reactive ketones (excluding diaryl/α,β-unsaturated/α-hetero) is 1. The minimum Gasteiger partial charge on any atom is -0.300 e. The normalized spacial score (nSPS) is 10.2. The van der Waals surface area contributed by atoms with E-state index in [-0.39, 0.29) is 16.6 Å². The van der Waals surface area contributed by atoms with Gasteiger partial charge >= 0.3 is 0 Å². The van der Waals surface area contributed by atoms with Crippen molar-refractivity contribution >= 4 is 28.3 Å². The van der Waals surface area contributed by atoms with Crippen molar-refractivity contribution < 1.29 is 14.5 Å². The predicted molar refractivity (Wildman–Crippen MR) is 77.7 cm³/mol. The van der Waals surface area contributed by atoms with Crippen LogP contribution in [0.4, 0.5) is 5.69 Å². The maximum Gasteiger partial charge on any atom is 0.269 e. The van der Waals surface area contributed by atoms with Crippen LogP contribution in [0.25, 0.3) is 0 Å². The van der Waals surface area contributed by atoms with Crippen molar-refractivity contribution in [3.8, 4) is 0 Å². The van der Waals surface area contributed by atoms with E-state index in [0.717, 1.165) is 31.0 Å². The second kappa shape index (κ2) is 8.47. The molecule has 0 atom stereocenters. The van der Waals surface area contributed by atoms with E-state index >= 15 is 0 Å². The molecular weight excluding hydrogens is 278 g/mol. The highest BCUT2D eigenvalue weighted by Crippen LogP contribution is 2.23. The lowest BCUT2D eigenvalue weighted by Crippen LogP contribution is -1.94. The molecule has 1 rings (SSSR count). The molecule has 0 N–H and O–H groups in total. The second-order valence-corrected chi connectivity index (χ2v) is 5.62. The smallest absolute Gasteiger partial charge is 0.269 e. The van der Waals surface area contributed by atoms with Crippen molar-refractivity contribution in [2.45, 2.75) is 43.9 Å². The molecule has 1 aromatic carbocycles. The number of nitrogens with zero attached hydrogens (tertiary/aromatic N) is 1. The van der Waals surface area contributed by atoms with Crippen LogP contribution in [0.1, 0.15) is 39.0 Å². The van der Waals surface area contributed by atoms with E-state index in [2.05, 4.69) is 0 Å². The number of hydrogen-bond acceptors (Lipinski definition) is 5. The Morgan fingerprint density at radius 3 is 2.25 bits per heavy atom. The third-order valence-corrected chi connectivity index (χ3v) is 3.63. The highest BCUT2D eigenvalue weighted by atomic mass is 32.2. The summed E-state index contributed by atoms with van der Waals surface area (Å²) in [5.41, 5.74) is 0.0195. The number of benzene rings is 1. The van der Waals surface area contributed by atoms with Crippen molar-refractivity contribution in [2.75, 3.05) is 0 Å². The number of nitro groups is 1. The second-order valence-electron chi connectivity index (χ2n) is 4.49. The van der Waals surface area contributed by atoms with Gasteiger partial charge in [-0.25, -0.2) is 0 Å². The zero-order valence-electron chi connectivity index (χ0n) is 11.3. The molecule has 20 heavy (non-hydrogen) atoms. The Hall–Kier alpha value is -1.69. The van der Waals surface area contributed by atoms with E-state index in [1.54, 1.807) is 19.1 Å². The first kappa shape index (κ1) is 16.4. The summed E-state index contributed by atoms with van der Waals surface area (Å²) in [4.78, 5) is 33.2. The Morgan fingerprint density at radius 1 is 1.10 bits per heavy atom. The molecule has 0 saturated carbocycles. The molecule has 0 amide bonds. The molecule has 0 aliphatic carbocycles. The number of non-ortho nitro benzene ring substituents is 1. The molecule has 0 unspecified atom stereocenters. The average Bonchev–Trinajstić information content (AvgIpc) is 2.38. The summed E-state index contributed by atoms with van der Waals surface area (Å²) in [6, 6.07) is 5.94. The van der Waals surface area contributed by atoms with Crippen LogP contribution in [-0.2, 0) is 9.59 Å². The minimum absolute atomic E-state index is 0.0195. The lowest BCUT2D eigenvalue weighted by atomic mass is 10.1. The van der Waals surface area contributed by atoms with Crippen LogP contribution >= 0.6 is 11.8 Å². The number of nitro benzene ring substituents is 1.